The lowest BCUT2D eigenvalue weighted by molar-refractivity contribution is -0.889. The largest absolute Gasteiger partial charge is 0.544 e. The molecule has 8 heteroatoms. The summed E-state index contributed by atoms with van der Waals surface area (Å²) in [6, 6.07) is -0.723. The number of carbonyl (C=O) groups excluding carboxylic acids is 3. The molecular formula is C47H89NO7. The minimum atomic E-state index is -1.12. The standard InChI is InChI=1S/C47H89NO7/c1-6-8-10-12-14-16-18-20-22-24-25-27-29-31-33-35-37-45(49)54-42-43(41-53-40-39-44(47(51)52)48(3,4)5)55-46(50)38-36-34-32-30-28-26-23-21-19-17-15-13-11-9-7-2/h21,23,43-44H,6-20,22,24-42H2,1-5H3/b23-21-. The number of nitrogens with zero attached hydrogens (tertiary/aromatic N) is 1. The van der Waals surface area contributed by atoms with Gasteiger partial charge in [-0.1, -0.05) is 174 Å². The normalized spacial score (nSPS) is 13.0. The number of carboxylic acids is 1. The SMILES string of the molecule is CCCCCCCC/C=C\CCCCCCCC(=O)OC(COCCC(C(=O)[O-])[N+](C)(C)C)COC(=O)CCCCCCCCCCCCCCCCCC. The molecule has 324 valence electrons. The highest BCUT2D eigenvalue weighted by Gasteiger charge is 2.25. The van der Waals surface area contributed by atoms with E-state index >= 15 is 0 Å². The lowest BCUT2D eigenvalue weighted by atomic mass is 10.0. The van der Waals surface area contributed by atoms with Gasteiger partial charge in [0.15, 0.2) is 6.10 Å². The predicted octanol–water partition coefficient (Wildman–Crippen LogP) is 11.4. The Morgan fingerprint density at radius 2 is 0.909 bits per heavy atom. The van der Waals surface area contributed by atoms with Gasteiger partial charge in [-0.2, -0.15) is 0 Å². The van der Waals surface area contributed by atoms with Crippen LogP contribution in [0, 0.1) is 0 Å². The lowest BCUT2D eigenvalue weighted by Crippen LogP contribution is -2.55. The molecule has 0 amide bonds. The Bertz CT molecular complexity index is 915. The molecule has 55 heavy (non-hydrogen) atoms. The summed E-state index contributed by atoms with van der Waals surface area (Å²) in [5.41, 5.74) is 0. The Morgan fingerprint density at radius 3 is 1.31 bits per heavy atom. The van der Waals surface area contributed by atoms with Crippen molar-refractivity contribution < 1.29 is 38.2 Å². The summed E-state index contributed by atoms with van der Waals surface area (Å²) in [5.74, 6) is -1.73. The second-order valence-electron chi connectivity index (χ2n) is 17.0. The van der Waals surface area contributed by atoms with Crippen molar-refractivity contribution in [1.82, 2.24) is 0 Å². The third-order valence-corrected chi connectivity index (χ3v) is 10.7. The quantitative estimate of drug-likeness (QED) is 0.0263. The summed E-state index contributed by atoms with van der Waals surface area (Å²) < 4.78 is 17.2. The molecule has 0 aliphatic rings. The number of likely N-dealkylation sites (N-methyl/N-ethyl adjacent to an activating group) is 1. The first kappa shape index (κ1) is 53.1. The molecule has 0 rings (SSSR count). The summed E-state index contributed by atoms with van der Waals surface area (Å²) in [4.78, 5) is 36.9. The summed E-state index contributed by atoms with van der Waals surface area (Å²) in [6.07, 6.45) is 40.8. The molecule has 0 saturated carbocycles. The maximum Gasteiger partial charge on any atom is 0.306 e. The Hall–Kier alpha value is -1.93. The third kappa shape index (κ3) is 37.4. The zero-order chi connectivity index (χ0) is 40.7. The van der Waals surface area contributed by atoms with Gasteiger partial charge in [0.25, 0.3) is 0 Å². The number of unbranched alkanes of at least 4 members (excludes halogenated alkanes) is 26. The number of allylic oxidation sites excluding steroid dienone is 2. The van der Waals surface area contributed by atoms with Crippen molar-refractivity contribution in [3.63, 3.8) is 0 Å². The molecule has 0 heterocycles. The minimum absolute atomic E-state index is 0.0430. The highest BCUT2D eigenvalue weighted by atomic mass is 16.6. The number of rotatable bonds is 42. The molecule has 0 aromatic heterocycles. The highest BCUT2D eigenvalue weighted by Crippen LogP contribution is 2.15. The maximum absolute atomic E-state index is 12.7. The zero-order valence-corrected chi connectivity index (χ0v) is 36.9. The van der Waals surface area contributed by atoms with Crippen molar-refractivity contribution >= 4 is 17.9 Å². The van der Waals surface area contributed by atoms with E-state index in [1.165, 1.54) is 135 Å². The number of esters is 2. The maximum atomic E-state index is 12.7. The van der Waals surface area contributed by atoms with E-state index in [2.05, 4.69) is 26.0 Å². The Morgan fingerprint density at radius 1 is 0.527 bits per heavy atom. The van der Waals surface area contributed by atoms with Crippen LogP contribution in [-0.2, 0) is 28.6 Å². The van der Waals surface area contributed by atoms with Gasteiger partial charge in [-0.3, -0.25) is 9.59 Å². The topological polar surface area (TPSA) is 102 Å². The van der Waals surface area contributed by atoms with Crippen molar-refractivity contribution in [2.24, 2.45) is 0 Å². The highest BCUT2D eigenvalue weighted by molar-refractivity contribution is 5.70. The minimum Gasteiger partial charge on any atom is -0.544 e. The van der Waals surface area contributed by atoms with E-state index < -0.39 is 18.1 Å². The lowest BCUT2D eigenvalue weighted by Gasteiger charge is -2.34. The number of hydrogen-bond donors (Lipinski definition) is 0. The van der Waals surface area contributed by atoms with Gasteiger partial charge in [0, 0.05) is 19.3 Å². The van der Waals surface area contributed by atoms with Crippen molar-refractivity contribution in [3.05, 3.63) is 12.2 Å². The molecule has 0 aromatic carbocycles. The Labute approximate surface area is 339 Å². The van der Waals surface area contributed by atoms with E-state index in [1.807, 2.05) is 0 Å². The smallest absolute Gasteiger partial charge is 0.306 e. The monoisotopic (exact) mass is 780 g/mol. The number of ether oxygens (including phenoxy) is 3. The summed E-state index contributed by atoms with van der Waals surface area (Å²) >= 11 is 0. The predicted molar refractivity (Wildman–Crippen MR) is 227 cm³/mol. The number of quaternary nitrogens is 1. The zero-order valence-electron chi connectivity index (χ0n) is 36.9. The first-order valence-electron chi connectivity index (χ1n) is 23.2. The molecule has 2 unspecified atom stereocenters. The number of hydrogen-bond acceptors (Lipinski definition) is 7. The van der Waals surface area contributed by atoms with Crippen LogP contribution in [0.4, 0.5) is 0 Å². The van der Waals surface area contributed by atoms with Gasteiger partial charge >= 0.3 is 11.9 Å². The fraction of sp³-hybridized carbons (Fsp3) is 0.894. The van der Waals surface area contributed by atoms with Gasteiger partial charge < -0.3 is 28.6 Å². The van der Waals surface area contributed by atoms with Gasteiger partial charge in [-0.25, -0.2) is 0 Å². The van der Waals surface area contributed by atoms with Crippen LogP contribution in [0.25, 0.3) is 0 Å². The van der Waals surface area contributed by atoms with Crippen LogP contribution in [0.1, 0.15) is 219 Å². The molecule has 0 aliphatic carbocycles. The summed E-state index contributed by atoms with van der Waals surface area (Å²) in [6.45, 7) is 4.68. The molecule has 0 aliphatic heterocycles. The van der Waals surface area contributed by atoms with Gasteiger partial charge in [-0.05, 0) is 38.5 Å². The molecular weight excluding hydrogens is 691 g/mol. The second kappa shape index (κ2) is 38.9. The van der Waals surface area contributed by atoms with Crippen LogP contribution in [0.2, 0.25) is 0 Å². The fourth-order valence-corrected chi connectivity index (χ4v) is 7.01. The Kier molecular flexibility index (Phi) is 37.6. The van der Waals surface area contributed by atoms with Gasteiger partial charge in [0.2, 0.25) is 0 Å². The summed E-state index contributed by atoms with van der Waals surface area (Å²) in [5, 5.41) is 11.6. The van der Waals surface area contributed by atoms with Crippen LogP contribution in [0.5, 0.6) is 0 Å². The molecule has 0 N–H and O–H groups in total. The number of carbonyl (C=O) groups is 3. The van der Waals surface area contributed by atoms with E-state index in [4.69, 9.17) is 14.2 Å². The van der Waals surface area contributed by atoms with Crippen molar-refractivity contribution in [2.75, 3.05) is 41.0 Å². The van der Waals surface area contributed by atoms with E-state index in [1.54, 1.807) is 21.1 Å². The van der Waals surface area contributed by atoms with Gasteiger partial charge in [0.05, 0.1) is 40.3 Å². The van der Waals surface area contributed by atoms with E-state index in [9.17, 15) is 19.5 Å². The van der Waals surface area contributed by atoms with Crippen LogP contribution in [0.3, 0.4) is 0 Å². The average molecular weight is 780 g/mol. The molecule has 0 spiro atoms. The molecule has 0 fully saturated rings. The Balaban J connectivity index is 4.29. The first-order valence-corrected chi connectivity index (χ1v) is 23.2. The number of carboxylic acid groups (broad SMARTS) is 1. The first-order chi connectivity index (χ1) is 26.6. The van der Waals surface area contributed by atoms with E-state index in [0.29, 0.717) is 12.8 Å². The van der Waals surface area contributed by atoms with Crippen LogP contribution in [0.15, 0.2) is 12.2 Å². The molecule has 0 radical (unpaired) electrons. The second-order valence-corrected chi connectivity index (χ2v) is 17.0. The van der Waals surface area contributed by atoms with Crippen LogP contribution < -0.4 is 5.11 Å². The molecule has 0 aromatic rings. The molecule has 0 bridgehead atoms. The molecule has 8 nitrogen and oxygen atoms in total. The van der Waals surface area contributed by atoms with Crippen molar-refractivity contribution in [2.45, 2.75) is 231 Å². The fourth-order valence-electron chi connectivity index (χ4n) is 7.01. The molecule has 0 saturated heterocycles. The molecule has 2 atom stereocenters. The average Bonchev–Trinajstić information content (AvgIpc) is 3.14. The van der Waals surface area contributed by atoms with Crippen LogP contribution in [-0.4, -0.2) is 75.5 Å². The van der Waals surface area contributed by atoms with E-state index in [-0.39, 0.29) is 42.7 Å². The van der Waals surface area contributed by atoms with Gasteiger partial charge in [-0.15, -0.1) is 0 Å². The summed E-state index contributed by atoms with van der Waals surface area (Å²) in [7, 11) is 5.41. The van der Waals surface area contributed by atoms with Crippen molar-refractivity contribution in [3.8, 4) is 0 Å². The van der Waals surface area contributed by atoms with Crippen LogP contribution >= 0.6 is 0 Å². The van der Waals surface area contributed by atoms with Gasteiger partial charge in [0.1, 0.15) is 12.6 Å². The third-order valence-electron chi connectivity index (χ3n) is 10.7. The number of aliphatic carboxylic acids is 1. The van der Waals surface area contributed by atoms with Crippen molar-refractivity contribution in [1.29, 1.82) is 0 Å². The van der Waals surface area contributed by atoms with E-state index in [0.717, 1.165) is 51.4 Å².